The highest BCUT2D eigenvalue weighted by Crippen LogP contribution is 2.40. The van der Waals surface area contributed by atoms with Crippen LogP contribution in [0.15, 0.2) is 0 Å². The van der Waals surface area contributed by atoms with E-state index in [1.807, 2.05) is 19.0 Å². The van der Waals surface area contributed by atoms with Gasteiger partial charge in [0.05, 0.1) is 11.2 Å². The lowest BCUT2D eigenvalue weighted by molar-refractivity contribution is -0.137. The van der Waals surface area contributed by atoms with Crippen molar-refractivity contribution in [3.8, 4) is 0 Å². The number of fused-ring (bicyclic) bond motifs is 1. The molecular weight excluding hydrogens is 436 g/mol. The third-order valence-corrected chi connectivity index (χ3v) is 9.25. The Kier molecular flexibility index (Phi) is 6.25. The topological polar surface area (TPSA) is 140 Å². The summed E-state index contributed by atoms with van der Waals surface area (Å²) < 4.78 is 29.1. The molecule has 12 heteroatoms. The fourth-order valence-electron chi connectivity index (χ4n) is 5.14. The quantitative estimate of drug-likeness (QED) is 0.373. The second-order valence-corrected chi connectivity index (χ2v) is 12.1. The Hall–Kier alpha value is -1.76. The van der Waals surface area contributed by atoms with Gasteiger partial charge in [-0.1, -0.05) is 0 Å². The number of hydrogen-bond donors (Lipinski definition) is 4. The van der Waals surface area contributed by atoms with Crippen LogP contribution in [0.4, 0.5) is 4.79 Å². The summed E-state index contributed by atoms with van der Waals surface area (Å²) in [7, 11) is -1.74. The number of hydrazine groups is 1. The lowest BCUT2D eigenvalue weighted by Gasteiger charge is -2.46. The molecule has 5 atom stereocenters. The number of hydrogen-bond acceptors (Lipinski definition) is 7. The van der Waals surface area contributed by atoms with E-state index in [4.69, 9.17) is 0 Å². The molecule has 0 radical (unpaired) electrons. The smallest absolute Gasteiger partial charge is 0.324 e. The number of carbonyl (C=O) groups is 3. The average molecular weight is 471 g/mol. The van der Waals surface area contributed by atoms with E-state index in [1.54, 1.807) is 0 Å². The van der Waals surface area contributed by atoms with E-state index in [1.165, 1.54) is 11.8 Å². The van der Waals surface area contributed by atoms with Crippen molar-refractivity contribution in [2.24, 2.45) is 17.8 Å². The highest BCUT2D eigenvalue weighted by Gasteiger charge is 2.52. The summed E-state index contributed by atoms with van der Waals surface area (Å²) in [5.74, 6) is -1.43. The van der Waals surface area contributed by atoms with Crippen molar-refractivity contribution in [1.82, 2.24) is 30.7 Å². The number of urea groups is 1. The number of imide groups is 1. The van der Waals surface area contributed by atoms with Crippen molar-refractivity contribution in [1.29, 1.82) is 0 Å². The molecule has 2 saturated heterocycles. The molecule has 0 aromatic rings. The molecule has 4 N–H and O–H groups in total. The fraction of sp³-hybridized carbons (Fsp3) is 0.850. The SMILES string of the molecule is CC(=O)NCC1CC(S(=O)(=O)NC2(C)CC2)CC2C(=O)N(CC3CNN(C)C3)C(=O)NC12. The molecule has 2 aliphatic heterocycles. The summed E-state index contributed by atoms with van der Waals surface area (Å²) >= 11 is 0. The van der Waals surface area contributed by atoms with Gasteiger partial charge in [0.15, 0.2) is 0 Å². The fourth-order valence-corrected chi connectivity index (χ4v) is 7.16. The molecule has 0 spiro atoms. The minimum atomic E-state index is -3.65. The van der Waals surface area contributed by atoms with E-state index in [0.717, 1.165) is 19.4 Å². The van der Waals surface area contributed by atoms with E-state index >= 15 is 0 Å². The van der Waals surface area contributed by atoms with Crippen molar-refractivity contribution in [3.63, 3.8) is 0 Å². The Morgan fingerprint density at radius 3 is 2.56 bits per heavy atom. The number of carbonyl (C=O) groups excluding carboxylic acids is 3. The predicted octanol–water partition coefficient (Wildman–Crippen LogP) is -1.02. The predicted molar refractivity (Wildman–Crippen MR) is 117 cm³/mol. The van der Waals surface area contributed by atoms with Crippen LogP contribution in [0.2, 0.25) is 0 Å². The molecule has 0 aromatic carbocycles. The van der Waals surface area contributed by atoms with Gasteiger partial charge in [0.25, 0.3) is 0 Å². The lowest BCUT2D eigenvalue weighted by atomic mass is 9.74. The van der Waals surface area contributed by atoms with Gasteiger partial charge >= 0.3 is 6.03 Å². The normalized spacial score (nSPS) is 34.7. The third kappa shape index (κ3) is 4.92. The van der Waals surface area contributed by atoms with Crippen LogP contribution in [-0.2, 0) is 19.6 Å². The van der Waals surface area contributed by atoms with Gasteiger partial charge in [0.1, 0.15) is 0 Å². The molecule has 2 saturated carbocycles. The first-order valence-electron chi connectivity index (χ1n) is 11.3. The molecule has 0 aromatic heterocycles. The number of nitrogens with zero attached hydrogens (tertiary/aromatic N) is 2. The van der Waals surface area contributed by atoms with Crippen LogP contribution in [0.1, 0.15) is 39.5 Å². The van der Waals surface area contributed by atoms with Crippen LogP contribution >= 0.6 is 0 Å². The third-order valence-electron chi connectivity index (χ3n) is 7.21. The first-order valence-corrected chi connectivity index (χ1v) is 12.9. The highest BCUT2D eigenvalue weighted by molar-refractivity contribution is 7.90. The van der Waals surface area contributed by atoms with Gasteiger partial charge in [-0.15, -0.1) is 0 Å². The Balaban J connectivity index is 1.54. The Morgan fingerprint density at radius 2 is 1.97 bits per heavy atom. The summed E-state index contributed by atoms with van der Waals surface area (Å²) in [4.78, 5) is 39.0. The van der Waals surface area contributed by atoms with Crippen LogP contribution in [0.3, 0.4) is 0 Å². The van der Waals surface area contributed by atoms with E-state index in [0.29, 0.717) is 6.54 Å². The van der Waals surface area contributed by atoms with Gasteiger partial charge in [0.2, 0.25) is 21.8 Å². The summed E-state index contributed by atoms with van der Waals surface area (Å²) in [6, 6.07) is -0.936. The molecule has 4 amide bonds. The number of rotatable bonds is 7. The summed E-state index contributed by atoms with van der Waals surface area (Å²) in [6.07, 6.45) is 2.03. The highest BCUT2D eigenvalue weighted by atomic mass is 32.2. The summed E-state index contributed by atoms with van der Waals surface area (Å²) in [5, 5.41) is 6.87. The van der Waals surface area contributed by atoms with E-state index in [2.05, 4.69) is 20.8 Å². The van der Waals surface area contributed by atoms with Gasteiger partial charge < -0.3 is 10.6 Å². The minimum Gasteiger partial charge on any atom is -0.356 e. The van der Waals surface area contributed by atoms with Gasteiger partial charge in [-0.3, -0.25) is 19.9 Å². The zero-order valence-electron chi connectivity index (χ0n) is 18.9. The monoisotopic (exact) mass is 470 g/mol. The van der Waals surface area contributed by atoms with Gasteiger partial charge in [-0.05, 0) is 38.5 Å². The molecule has 32 heavy (non-hydrogen) atoms. The van der Waals surface area contributed by atoms with Crippen molar-refractivity contribution in [2.45, 2.75) is 56.4 Å². The van der Waals surface area contributed by atoms with E-state index in [9.17, 15) is 22.8 Å². The first-order chi connectivity index (χ1) is 15.0. The molecule has 4 rings (SSSR count). The maximum absolute atomic E-state index is 13.4. The van der Waals surface area contributed by atoms with Crippen molar-refractivity contribution >= 4 is 27.9 Å². The Labute approximate surface area is 189 Å². The van der Waals surface area contributed by atoms with Crippen molar-refractivity contribution in [3.05, 3.63) is 0 Å². The molecule has 11 nitrogen and oxygen atoms in total. The first kappa shape index (κ1) is 23.4. The second kappa shape index (κ2) is 8.54. The van der Waals surface area contributed by atoms with Crippen LogP contribution in [0.5, 0.6) is 0 Å². The lowest BCUT2D eigenvalue weighted by Crippen LogP contribution is -2.66. The summed E-state index contributed by atoms with van der Waals surface area (Å²) in [6.45, 7) is 5.16. The second-order valence-electron chi connectivity index (χ2n) is 10.1. The van der Waals surface area contributed by atoms with Crippen LogP contribution in [0, 0.1) is 17.8 Å². The maximum Gasteiger partial charge on any atom is 0.324 e. The standard InChI is InChI=1S/C20H34N6O5S/c1-12(27)21-9-14-6-15(32(30,31)24-20(2)4-5-20)7-16-17(14)23-19(29)26(18(16)28)11-13-8-22-25(3)10-13/h13-17,22,24H,4-11H2,1-3H3,(H,21,27)(H,23,29). The summed E-state index contributed by atoms with van der Waals surface area (Å²) in [5.41, 5.74) is 2.77. The van der Waals surface area contributed by atoms with Crippen LogP contribution in [0.25, 0.3) is 0 Å². The van der Waals surface area contributed by atoms with Gasteiger partial charge in [0, 0.05) is 57.6 Å². The Morgan fingerprint density at radius 1 is 1.25 bits per heavy atom. The zero-order valence-corrected chi connectivity index (χ0v) is 19.7. The molecule has 180 valence electrons. The van der Waals surface area contributed by atoms with Crippen molar-refractivity contribution in [2.75, 3.05) is 33.2 Å². The number of nitrogens with one attached hydrogen (secondary N) is 4. The average Bonchev–Trinajstić information content (AvgIpc) is 3.27. The number of amides is 4. The molecule has 0 bridgehead atoms. The van der Waals surface area contributed by atoms with Gasteiger partial charge in [-0.2, -0.15) is 0 Å². The molecular formula is C20H34N6O5S. The van der Waals surface area contributed by atoms with Gasteiger partial charge in [-0.25, -0.2) is 22.9 Å². The number of sulfonamides is 1. The van der Waals surface area contributed by atoms with Crippen LogP contribution in [-0.4, -0.2) is 86.2 Å². The van der Waals surface area contributed by atoms with E-state index < -0.39 is 38.8 Å². The molecule has 2 aliphatic carbocycles. The molecule has 5 unspecified atom stereocenters. The maximum atomic E-state index is 13.4. The zero-order chi connectivity index (χ0) is 23.3. The Bertz CT molecular complexity index is 891. The molecule has 2 heterocycles. The molecule has 4 fully saturated rings. The van der Waals surface area contributed by atoms with Crippen LogP contribution < -0.4 is 20.8 Å². The van der Waals surface area contributed by atoms with E-state index in [-0.39, 0.29) is 49.6 Å². The largest absolute Gasteiger partial charge is 0.356 e. The molecule has 4 aliphatic rings. The van der Waals surface area contributed by atoms with Crippen molar-refractivity contribution < 1.29 is 22.8 Å². The minimum absolute atomic E-state index is 0.112.